The first-order valence-electron chi connectivity index (χ1n) is 9.30. The molecule has 0 spiro atoms. The summed E-state index contributed by atoms with van der Waals surface area (Å²) in [6.45, 7) is 1.05. The average Bonchev–Trinajstić information content (AvgIpc) is 2.78. The van der Waals surface area contributed by atoms with Crippen LogP contribution in [0.25, 0.3) is 0 Å². The Morgan fingerprint density at radius 3 is 2.59 bits per heavy atom. The largest absolute Gasteiger partial charge is 0.497 e. The Bertz CT molecular complexity index is 945. The van der Waals surface area contributed by atoms with Gasteiger partial charge in [-0.1, -0.05) is 30.3 Å². The van der Waals surface area contributed by atoms with Crippen molar-refractivity contribution in [1.82, 2.24) is 15.5 Å². The fraction of sp³-hybridized carbons (Fsp3) is 0.227. The third kappa shape index (κ3) is 5.68. The van der Waals surface area contributed by atoms with Gasteiger partial charge < -0.3 is 20.1 Å². The molecule has 3 aromatic rings. The summed E-state index contributed by atoms with van der Waals surface area (Å²) >= 11 is 0. The molecule has 7 nitrogen and oxygen atoms in total. The van der Waals surface area contributed by atoms with E-state index in [9.17, 15) is 4.79 Å². The van der Waals surface area contributed by atoms with Crippen LogP contribution < -0.4 is 20.1 Å². The Kier molecular flexibility index (Phi) is 7.00. The number of carbonyl (C=O) groups excluding carboxylic acids is 1. The molecule has 0 aliphatic rings. The highest BCUT2D eigenvalue weighted by Gasteiger charge is 2.09. The maximum absolute atomic E-state index is 12.3. The first-order chi connectivity index (χ1) is 14.2. The van der Waals surface area contributed by atoms with Gasteiger partial charge in [-0.25, -0.2) is 0 Å². The fourth-order valence-electron chi connectivity index (χ4n) is 2.83. The van der Waals surface area contributed by atoms with Crippen molar-refractivity contribution in [2.45, 2.75) is 13.0 Å². The number of rotatable bonds is 9. The van der Waals surface area contributed by atoms with E-state index < -0.39 is 0 Å². The first kappa shape index (κ1) is 20.1. The van der Waals surface area contributed by atoms with Crippen molar-refractivity contribution >= 4 is 11.7 Å². The predicted octanol–water partition coefficient (Wildman–Crippen LogP) is 3.08. The lowest BCUT2D eigenvalue weighted by atomic mass is 10.1. The third-order valence-corrected chi connectivity index (χ3v) is 4.38. The molecule has 0 fully saturated rings. The smallest absolute Gasteiger partial charge is 0.272 e. The number of aromatic nitrogens is 2. The van der Waals surface area contributed by atoms with Crippen LogP contribution in [0.2, 0.25) is 0 Å². The lowest BCUT2D eigenvalue weighted by Crippen LogP contribution is -2.24. The summed E-state index contributed by atoms with van der Waals surface area (Å²) in [5.41, 5.74) is 2.32. The molecule has 2 N–H and O–H groups in total. The van der Waals surface area contributed by atoms with Gasteiger partial charge in [0.2, 0.25) is 0 Å². The summed E-state index contributed by atoms with van der Waals surface area (Å²) in [5.74, 6) is 1.90. The van der Waals surface area contributed by atoms with Gasteiger partial charge in [0.05, 0.1) is 14.2 Å². The van der Waals surface area contributed by atoms with Crippen LogP contribution in [0.15, 0.2) is 60.7 Å². The van der Waals surface area contributed by atoms with Gasteiger partial charge in [0, 0.05) is 18.7 Å². The molecular weight excluding hydrogens is 368 g/mol. The zero-order valence-electron chi connectivity index (χ0n) is 16.5. The van der Waals surface area contributed by atoms with Crippen molar-refractivity contribution in [2.24, 2.45) is 0 Å². The van der Waals surface area contributed by atoms with Crippen molar-refractivity contribution in [2.75, 3.05) is 26.1 Å². The minimum Gasteiger partial charge on any atom is -0.497 e. The van der Waals surface area contributed by atoms with Crippen molar-refractivity contribution in [3.05, 3.63) is 77.5 Å². The second-order valence-corrected chi connectivity index (χ2v) is 6.33. The van der Waals surface area contributed by atoms with Crippen LogP contribution in [0, 0.1) is 0 Å². The van der Waals surface area contributed by atoms with E-state index in [-0.39, 0.29) is 11.6 Å². The minimum atomic E-state index is -0.286. The number of hydrogen-bond donors (Lipinski definition) is 2. The lowest BCUT2D eigenvalue weighted by Gasteiger charge is -2.09. The summed E-state index contributed by atoms with van der Waals surface area (Å²) in [6, 6.07) is 18.9. The molecular formula is C22H24N4O3. The number of carbonyl (C=O) groups is 1. The third-order valence-electron chi connectivity index (χ3n) is 4.38. The standard InChI is InChI=1S/C22H24N4O3/c1-28-18-8-5-6-16(14-18)12-13-23-21-11-10-19(25-26-21)22(27)24-15-17-7-3-4-9-20(17)29-2/h3-11,14H,12-13,15H2,1-2H3,(H,23,26)(H,24,27). The minimum absolute atomic E-state index is 0.262. The first-order valence-corrected chi connectivity index (χ1v) is 9.30. The van der Waals surface area contributed by atoms with E-state index >= 15 is 0 Å². The Morgan fingerprint density at radius 2 is 1.83 bits per heavy atom. The highest BCUT2D eigenvalue weighted by molar-refractivity contribution is 5.92. The maximum Gasteiger partial charge on any atom is 0.272 e. The molecule has 0 aliphatic heterocycles. The number of nitrogens with zero attached hydrogens (tertiary/aromatic N) is 2. The second kappa shape index (κ2) is 10.1. The molecule has 3 rings (SSSR count). The maximum atomic E-state index is 12.3. The topological polar surface area (TPSA) is 85.4 Å². The summed E-state index contributed by atoms with van der Waals surface area (Å²) in [6.07, 6.45) is 0.819. The van der Waals surface area contributed by atoms with E-state index in [0.717, 1.165) is 29.0 Å². The number of amides is 1. The van der Waals surface area contributed by atoms with Crippen LogP contribution in [0.4, 0.5) is 5.82 Å². The normalized spacial score (nSPS) is 10.3. The summed E-state index contributed by atoms with van der Waals surface area (Å²) in [4.78, 5) is 12.3. The predicted molar refractivity (Wildman–Crippen MR) is 111 cm³/mol. The molecule has 2 aromatic carbocycles. The number of methoxy groups -OCH3 is 2. The fourth-order valence-corrected chi connectivity index (χ4v) is 2.83. The van der Waals surface area contributed by atoms with Crippen molar-refractivity contribution in [1.29, 1.82) is 0 Å². The van der Waals surface area contributed by atoms with Crippen LogP contribution in [-0.2, 0) is 13.0 Å². The molecule has 0 radical (unpaired) electrons. The van der Waals surface area contributed by atoms with Crippen molar-refractivity contribution < 1.29 is 14.3 Å². The zero-order chi connectivity index (χ0) is 20.5. The van der Waals surface area contributed by atoms with Crippen LogP contribution in [-0.4, -0.2) is 36.9 Å². The van der Waals surface area contributed by atoms with E-state index in [0.29, 0.717) is 18.9 Å². The Balaban J connectivity index is 1.49. The molecule has 150 valence electrons. The van der Waals surface area contributed by atoms with Gasteiger partial charge in [-0.3, -0.25) is 4.79 Å². The van der Waals surface area contributed by atoms with E-state index in [1.165, 1.54) is 0 Å². The average molecular weight is 392 g/mol. The zero-order valence-corrected chi connectivity index (χ0v) is 16.5. The number of anilines is 1. The van der Waals surface area contributed by atoms with Gasteiger partial charge in [0.15, 0.2) is 5.69 Å². The summed E-state index contributed by atoms with van der Waals surface area (Å²) < 4.78 is 10.5. The molecule has 29 heavy (non-hydrogen) atoms. The van der Waals surface area contributed by atoms with Crippen LogP contribution in [0.5, 0.6) is 11.5 Å². The molecule has 0 saturated heterocycles. The summed E-state index contributed by atoms with van der Waals surface area (Å²) in [7, 11) is 3.26. The van der Waals surface area contributed by atoms with E-state index in [1.807, 2.05) is 48.5 Å². The number of hydrogen-bond acceptors (Lipinski definition) is 6. The number of nitrogens with one attached hydrogen (secondary N) is 2. The number of ether oxygens (including phenoxy) is 2. The van der Waals surface area contributed by atoms with Crippen LogP contribution in [0.3, 0.4) is 0 Å². The molecule has 0 aliphatic carbocycles. The Hall–Kier alpha value is -3.61. The highest BCUT2D eigenvalue weighted by atomic mass is 16.5. The van der Waals surface area contributed by atoms with Gasteiger partial charge in [-0.15, -0.1) is 10.2 Å². The number of benzene rings is 2. The number of para-hydroxylation sites is 1. The van der Waals surface area contributed by atoms with Gasteiger partial charge in [0.1, 0.15) is 17.3 Å². The summed E-state index contributed by atoms with van der Waals surface area (Å²) in [5, 5.41) is 14.1. The molecule has 1 amide bonds. The Labute approximate surface area is 170 Å². The second-order valence-electron chi connectivity index (χ2n) is 6.33. The molecule has 1 aromatic heterocycles. The van der Waals surface area contributed by atoms with E-state index in [2.05, 4.69) is 20.8 Å². The monoisotopic (exact) mass is 392 g/mol. The van der Waals surface area contributed by atoms with Gasteiger partial charge in [-0.05, 0) is 42.3 Å². The highest BCUT2D eigenvalue weighted by Crippen LogP contribution is 2.17. The molecule has 7 heteroatoms. The van der Waals surface area contributed by atoms with Crippen molar-refractivity contribution in [3.8, 4) is 11.5 Å². The lowest BCUT2D eigenvalue weighted by molar-refractivity contribution is 0.0944. The van der Waals surface area contributed by atoms with Crippen molar-refractivity contribution in [3.63, 3.8) is 0 Å². The van der Waals surface area contributed by atoms with E-state index in [4.69, 9.17) is 9.47 Å². The van der Waals surface area contributed by atoms with Crippen LogP contribution >= 0.6 is 0 Å². The molecule has 0 saturated carbocycles. The molecule has 0 atom stereocenters. The van der Waals surface area contributed by atoms with Gasteiger partial charge >= 0.3 is 0 Å². The van der Waals surface area contributed by atoms with E-state index in [1.54, 1.807) is 26.4 Å². The quantitative estimate of drug-likeness (QED) is 0.582. The molecule has 1 heterocycles. The molecule has 0 bridgehead atoms. The van der Waals surface area contributed by atoms with Crippen LogP contribution in [0.1, 0.15) is 21.6 Å². The molecule has 0 unspecified atom stereocenters. The van der Waals surface area contributed by atoms with Gasteiger partial charge in [0.25, 0.3) is 5.91 Å². The SMILES string of the molecule is COc1cccc(CCNc2ccc(C(=O)NCc3ccccc3OC)nn2)c1. The Morgan fingerprint density at radius 1 is 0.966 bits per heavy atom. The van der Waals surface area contributed by atoms with Gasteiger partial charge in [-0.2, -0.15) is 0 Å².